The Labute approximate surface area is 108 Å². The van der Waals surface area contributed by atoms with Gasteiger partial charge in [0.25, 0.3) is 0 Å². The second-order valence-electron chi connectivity index (χ2n) is 4.72. The van der Waals surface area contributed by atoms with E-state index in [0.29, 0.717) is 29.5 Å². The molecule has 0 saturated heterocycles. The molecule has 0 heterocycles. The van der Waals surface area contributed by atoms with Crippen molar-refractivity contribution in [2.24, 2.45) is 11.1 Å². The molecule has 0 bridgehead atoms. The van der Waals surface area contributed by atoms with Gasteiger partial charge in [-0.3, -0.25) is 0 Å². The second kappa shape index (κ2) is 5.58. The lowest BCUT2D eigenvalue weighted by atomic mass is 10.1. The van der Waals surface area contributed by atoms with E-state index in [2.05, 4.69) is 13.8 Å². The molecule has 0 spiro atoms. The molecule has 4 N–H and O–H groups in total. The van der Waals surface area contributed by atoms with Gasteiger partial charge in [0.1, 0.15) is 5.75 Å². The standard InChI is InChI=1S/C12H20N2O3S/c1-8(2)4-5-17-11-6-10(13)7-12(9(11)3)18(14,15)16/h6-8H,4-5,13H2,1-3H3,(H2,14,15,16). The van der Waals surface area contributed by atoms with Gasteiger partial charge in [0, 0.05) is 17.3 Å². The van der Waals surface area contributed by atoms with Crippen LogP contribution in [0.3, 0.4) is 0 Å². The third-order valence-electron chi connectivity index (χ3n) is 2.59. The highest BCUT2D eigenvalue weighted by Gasteiger charge is 2.16. The molecule has 18 heavy (non-hydrogen) atoms. The highest BCUT2D eigenvalue weighted by atomic mass is 32.2. The van der Waals surface area contributed by atoms with Crippen LogP contribution in [0, 0.1) is 12.8 Å². The summed E-state index contributed by atoms with van der Waals surface area (Å²) in [5.74, 6) is 0.990. The van der Waals surface area contributed by atoms with Crippen LogP contribution in [0.15, 0.2) is 17.0 Å². The van der Waals surface area contributed by atoms with E-state index in [1.165, 1.54) is 6.07 Å². The average molecular weight is 272 g/mol. The topological polar surface area (TPSA) is 95.4 Å². The van der Waals surface area contributed by atoms with Crippen LogP contribution >= 0.6 is 0 Å². The molecule has 0 fully saturated rings. The number of nitrogens with two attached hydrogens (primary N) is 2. The lowest BCUT2D eigenvalue weighted by molar-refractivity contribution is 0.287. The molecule has 0 atom stereocenters. The van der Waals surface area contributed by atoms with Crippen LogP contribution in [0.25, 0.3) is 0 Å². The van der Waals surface area contributed by atoms with Crippen molar-refractivity contribution >= 4 is 15.7 Å². The van der Waals surface area contributed by atoms with Crippen LogP contribution in [-0.4, -0.2) is 15.0 Å². The summed E-state index contributed by atoms with van der Waals surface area (Å²) in [5, 5.41) is 5.13. The molecule has 1 aromatic carbocycles. The minimum atomic E-state index is -3.78. The molecule has 5 nitrogen and oxygen atoms in total. The first kappa shape index (κ1) is 14.8. The van der Waals surface area contributed by atoms with Gasteiger partial charge in [-0.2, -0.15) is 0 Å². The van der Waals surface area contributed by atoms with Crippen LogP contribution in [0.5, 0.6) is 5.75 Å². The molecule has 0 aliphatic rings. The van der Waals surface area contributed by atoms with Crippen molar-refractivity contribution in [2.45, 2.75) is 32.1 Å². The number of hydrogen-bond acceptors (Lipinski definition) is 4. The van der Waals surface area contributed by atoms with Crippen LogP contribution in [-0.2, 0) is 10.0 Å². The monoisotopic (exact) mass is 272 g/mol. The van der Waals surface area contributed by atoms with Gasteiger partial charge in [0.15, 0.2) is 0 Å². The normalized spacial score (nSPS) is 11.8. The number of rotatable bonds is 5. The molecule has 1 aromatic rings. The van der Waals surface area contributed by atoms with Gasteiger partial charge < -0.3 is 10.5 Å². The van der Waals surface area contributed by atoms with Crippen molar-refractivity contribution in [1.82, 2.24) is 0 Å². The van der Waals surface area contributed by atoms with Crippen molar-refractivity contribution < 1.29 is 13.2 Å². The van der Waals surface area contributed by atoms with E-state index < -0.39 is 10.0 Å². The molecule has 0 saturated carbocycles. The molecule has 0 unspecified atom stereocenters. The zero-order valence-corrected chi connectivity index (χ0v) is 11.8. The lowest BCUT2D eigenvalue weighted by Crippen LogP contribution is -2.15. The van der Waals surface area contributed by atoms with E-state index >= 15 is 0 Å². The van der Waals surface area contributed by atoms with E-state index in [-0.39, 0.29) is 4.90 Å². The first-order valence-electron chi connectivity index (χ1n) is 5.77. The zero-order chi connectivity index (χ0) is 13.9. The van der Waals surface area contributed by atoms with E-state index in [1.807, 2.05) is 0 Å². The quantitative estimate of drug-likeness (QED) is 0.797. The van der Waals surface area contributed by atoms with Crippen LogP contribution in [0.1, 0.15) is 25.8 Å². The summed E-state index contributed by atoms with van der Waals surface area (Å²) in [7, 11) is -3.78. The highest BCUT2D eigenvalue weighted by Crippen LogP contribution is 2.28. The molecular weight excluding hydrogens is 252 g/mol. The molecule has 0 aliphatic heterocycles. The molecule has 1 rings (SSSR count). The SMILES string of the molecule is Cc1c(OCCC(C)C)cc(N)cc1S(N)(=O)=O. The van der Waals surface area contributed by atoms with Gasteiger partial charge in [-0.25, -0.2) is 13.6 Å². The van der Waals surface area contributed by atoms with E-state index in [0.717, 1.165) is 6.42 Å². The first-order chi connectivity index (χ1) is 8.21. The van der Waals surface area contributed by atoms with Crippen molar-refractivity contribution in [3.8, 4) is 5.75 Å². The van der Waals surface area contributed by atoms with E-state index in [9.17, 15) is 8.42 Å². The van der Waals surface area contributed by atoms with Crippen LogP contribution < -0.4 is 15.6 Å². The summed E-state index contributed by atoms with van der Waals surface area (Å²) in [6.45, 7) is 6.35. The van der Waals surface area contributed by atoms with Gasteiger partial charge >= 0.3 is 0 Å². The van der Waals surface area contributed by atoms with E-state index in [4.69, 9.17) is 15.6 Å². The minimum Gasteiger partial charge on any atom is -0.493 e. The maximum Gasteiger partial charge on any atom is 0.238 e. The predicted octanol–water partition coefficient (Wildman–Crippen LogP) is 1.65. The third kappa shape index (κ3) is 3.89. The maximum absolute atomic E-state index is 11.4. The number of primary sulfonamides is 1. The first-order valence-corrected chi connectivity index (χ1v) is 7.32. The Kier molecular flexibility index (Phi) is 4.59. The summed E-state index contributed by atoms with van der Waals surface area (Å²) in [6.07, 6.45) is 0.888. The van der Waals surface area contributed by atoms with Gasteiger partial charge in [-0.15, -0.1) is 0 Å². The van der Waals surface area contributed by atoms with Crippen molar-refractivity contribution in [1.29, 1.82) is 0 Å². The largest absolute Gasteiger partial charge is 0.493 e. The molecule has 102 valence electrons. The van der Waals surface area contributed by atoms with Gasteiger partial charge in [-0.05, 0) is 25.3 Å². The number of benzene rings is 1. The smallest absolute Gasteiger partial charge is 0.238 e. The lowest BCUT2D eigenvalue weighted by Gasteiger charge is -2.13. The predicted molar refractivity (Wildman–Crippen MR) is 71.9 cm³/mol. The van der Waals surface area contributed by atoms with Crippen molar-refractivity contribution in [3.63, 3.8) is 0 Å². The number of ether oxygens (including phenoxy) is 1. The maximum atomic E-state index is 11.4. The van der Waals surface area contributed by atoms with E-state index in [1.54, 1.807) is 13.0 Å². The Hall–Kier alpha value is -1.27. The minimum absolute atomic E-state index is 0.0158. The summed E-state index contributed by atoms with van der Waals surface area (Å²) >= 11 is 0. The van der Waals surface area contributed by atoms with Gasteiger partial charge in [-0.1, -0.05) is 13.8 Å². The highest BCUT2D eigenvalue weighted by molar-refractivity contribution is 7.89. The Morgan fingerprint density at radius 2 is 1.94 bits per heavy atom. The Bertz CT molecular complexity index is 524. The fraction of sp³-hybridized carbons (Fsp3) is 0.500. The van der Waals surface area contributed by atoms with Crippen LogP contribution in [0.2, 0.25) is 0 Å². The Balaban J connectivity index is 3.03. The number of sulfonamides is 1. The molecule has 6 heteroatoms. The second-order valence-corrected chi connectivity index (χ2v) is 6.25. The van der Waals surface area contributed by atoms with Crippen LogP contribution in [0.4, 0.5) is 5.69 Å². The Morgan fingerprint density at radius 1 is 1.33 bits per heavy atom. The molecule has 0 aromatic heterocycles. The average Bonchev–Trinajstić information content (AvgIpc) is 2.20. The van der Waals surface area contributed by atoms with Gasteiger partial charge in [0.2, 0.25) is 10.0 Å². The zero-order valence-electron chi connectivity index (χ0n) is 10.9. The molecular formula is C12H20N2O3S. The summed E-state index contributed by atoms with van der Waals surface area (Å²) in [6, 6.07) is 2.96. The Morgan fingerprint density at radius 3 is 2.44 bits per heavy atom. The fourth-order valence-electron chi connectivity index (χ4n) is 1.53. The number of anilines is 1. The van der Waals surface area contributed by atoms with Crippen molar-refractivity contribution in [3.05, 3.63) is 17.7 Å². The van der Waals surface area contributed by atoms with Crippen molar-refractivity contribution in [2.75, 3.05) is 12.3 Å². The summed E-state index contributed by atoms with van der Waals surface area (Å²) in [5.41, 5.74) is 6.48. The summed E-state index contributed by atoms with van der Waals surface area (Å²) in [4.78, 5) is 0.0158. The fourth-order valence-corrected chi connectivity index (χ4v) is 2.36. The summed E-state index contributed by atoms with van der Waals surface area (Å²) < 4.78 is 28.4. The van der Waals surface area contributed by atoms with Gasteiger partial charge in [0.05, 0.1) is 11.5 Å². The molecule has 0 aliphatic carbocycles. The molecule has 0 amide bonds. The third-order valence-corrected chi connectivity index (χ3v) is 3.63. The number of hydrogen-bond donors (Lipinski definition) is 2. The number of nitrogen functional groups attached to an aromatic ring is 1. The molecule has 0 radical (unpaired) electrons.